The van der Waals surface area contributed by atoms with Crippen LogP contribution in [0.15, 0.2) is 60.7 Å². The van der Waals surface area contributed by atoms with Crippen LogP contribution in [0, 0.1) is 5.82 Å². The third kappa shape index (κ3) is 6.11. The maximum Gasteiger partial charge on any atom is 0.254 e. The number of hydrogen-bond acceptors (Lipinski definition) is 6. The van der Waals surface area contributed by atoms with Crippen LogP contribution in [-0.4, -0.2) is 83.8 Å². The molecule has 38 heavy (non-hydrogen) atoms. The van der Waals surface area contributed by atoms with E-state index in [1.165, 1.54) is 23.1 Å². The number of aromatic nitrogens is 2. The maximum atomic E-state index is 13.8. The van der Waals surface area contributed by atoms with E-state index in [0.29, 0.717) is 50.0 Å². The zero-order valence-electron chi connectivity index (χ0n) is 20.9. The summed E-state index contributed by atoms with van der Waals surface area (Å²) in [6.07, 6.45) is 1.63. The van der Waals surface area contributed by atoms with Crippen molar-refractivity contribution in [3.8, 4) is 11.3 Å². The first-order valence-electron chi connectivity index (χ1n) is 12.8. The molecule has 2 aliphatic heterocycles. The van der Waals surface area contributed by atoms with E-state index in [2.05, 4.69) is 15.1 Å². The van der Waals surface area contributed by atoms with Crippen LogP contribution >= 0.6 is 11.6 Å². The number of hydrogen-bond donors (Lipinski definition) is 0. The summed E-state index contributed by atoms with van der Waals surface area (Å²) in [5, 5.41) is 9.33. The van der Waals surface area contributed by atoms with Crippen molar-refractivity contribution in [3.05, 3.63) is 77.1 Å². The standard InChI is InChI=1S/C28H29ClFN5O3/c29-24-9-2-1-8-23(24)25-10-11-26(32-31-25)33-12-14-34(15-13-33)27(36)19-35(18-22-7-4-16-38-22)28(37)20-5-3-6-21(30)17-20/h1-3,5-6,8-11,17,22H,4,7,12-16,18-19H2/t22-/m0/s1. The van der Waals surface area contributed by atoms with Crippen LogP contribution in [-0.2, 0) is 9.53 Å². The lowest BCUT2D eigenvalue weighted by atomic mass is 10.1. The molecule has 8 nitrogen and oxygen atoms in total. The van der Waals surface area contributed by atoms with Gasteiger partial charge >= 0.3 is 0 Å². The highest BCUT2D eigenvalue weighted by Gasteiger charge is 2.29. The van der Waals surface area contributed by atoms with Gasteiger partial charge in [-0.05, 0) is 49.2 Å². The lowest BCUT2D eigenvalue weighted by molar-refractivity contribution is -0.132. The highest BCUT2D eigenvalue weighted by Crippen LogP contribution is 2.26. The molecule has 2 aliphatic rings. The molecule has 0 bridgehead atoms. The summed E-state index contributed by atoms with van der Waals surface area (Å²) < 4.78 is 19.5. The molecule has 0 spiro atoms. The fourth-order valence-electron chi connectivity index (χ4n) is 4.81. The lowest BCUT2D eigenvalue weighted by Gasteiger charge is -2.36. The number of carbonyl (C=O) groups excluding carboxylic acids is 2. The average molecular weight is 538 g/mol. The number of carbonyl (C=O) groups is 2. The van der Waals surface area contributed by atoms with Gasteiger partial charge in [0.15, 0.2) is 5.82 Å². The molecule has 2 fully saturated rings. The van der Waals surface area contributed by atoms with E-state index >= 15 is 0 Å². The van der Waals surface area contributed by atoms with Crippen LogP contribution in [0.4, 0.5) is 10.2 Å². The monoisotopic (exact) mass is 537 g/mol. The van der Waals surface area contributed by atoms with E-state index in [-0.39, 0.29) is 30.0 Å². The topological polar surface area (TPSA) is 78.9 Å². The summed E-state index contributed by atoms with van der Waals surface area (Å²) >= 11 is 6.27. The molecule has 2 amide bonds. The number of rotatable bonds is 7. The maximum absolute atomic E-state index is 13.8. The number of piperazine rings is 1. The third-order valence-electron chi connectivity index (χ3n) is 6.89. The second-order valence-corrected chi connectivity index (χ2v) is 9.86. The van der Waals surface area contributed by atoms with Gasteiger partial charge in [-0.2, -0.15) is 0 Å². The first kappa shape index (κ1) is 26.1. The van der Waals surface area contributed by atoms with Gasteiger partial charge in [-0.15, -0.1) is 10.2 Å². The van der Waals surface area contributed by atoms with Gasteiger partial charge < -0.3 is 19.4 Å². The molecular formula is C28H29ClFN5O3. The van der Waals surface area contributed by atoms with Crippen molar-refractivity contribution in [1.29, 1.82) is 0 Å². The summed E-state index contributed by atoms with van der Waals surface area (Å²) in [5.41, 5.74) is 1.74. The Morgan fingerprint density at radius 1 is 1.03 bits per heavy atom. The molecule has 0 N–H and O–H groups in total. The smallest absolute Gasteiger partial charge is 0.254 e. The lowest BCUT2D eigenvalue weighted by Crippen LogP contribution is -2.52. The molecule has 198 valence electrons. The Balaban J connectivity index is 1.20. The predicted octanol–water partition coefficient (Wildman–Crippen LogP) is 3.91. The van der Waals surface area contributed by atoms with Crippen LogP contribution < -0.4 is 4.90 Å². The summed E-state index contributed by atoms with van der Waals surface area (Å²) in [5.74, 6) is -0.277. The van der Waals surface area contributed by atoms with E-state index in [1.54, 1.807) is 11.0 Å². The molecule has 3 heterocycles. The zero-order valence-corrected chi connectivity index (χ0v) is 21.7. The minimum atomic E-state index is -0.488. The van der Waals surface area contributed by atoms with E-state index in [1.807, 2.05) is 36.4 Å². The van der Waals surface area contributed by atoms with Crippen molar-refractivity contribution in [3.63, 3.8) is 0 Å². The van der Waals surface area contributed by atoms with E-state index in [0.717, 1.165) is 24.2 Å². The first-order valence-corrected chi connectivity index (χ1v) is 13.1. The van der Waals surface area contributed by atoms with E-state index in [9.17, 15) is 14.0 Å². The van der Waals surface area contributed by atoms with Crippen molar-refractivity contribution in [2.75, 3.05) is 50.8 Å². The third-order valence-corrected chi connectivity index (χ3v) is 7.22. The molecular weight excluding hydrogens is 509 g/mol. The van der Waals surface area contributed by atoms with Crippen molar-refractivity contribution in [1.82, 2.24) is 20.0 Å². The molecule has 0 unspecified atom stereocenters. The van der Waals surface area contributed by atoms with Gasteiger partial charge in [0.25, 0.3) is 5.91 Å². The molecule has 2 aromatic carbocycles. The van der Waals surface area contributed by atoms with E-state index in [4.69, 9.17) is 16.3 Å². The van der Waals surface area contributed by atoms with Crippen LogP contribution in [0.5, 0.6) is 0 Å². The highest BCUT2D eigenvalue weighted by atomic mass is 35.5. The molecule has 1 aromatic heterocycles. The number of ether oxygens (including phenoxy) is 1. The number of anilines is 1. The first-order chi connectivity index (χ1) is 18.5. The minimum absolute atomic E-state index is 0.0818. The van der Waals surface area contributed by atoms with Crippen LogP contribution in [0.1, 0.15) is 23.2 Å². The predicted molar refractivity (Wildman–Crippen MR) is 143 cm³/mol. The zero-order chi connectivity index (χ0) is 26.5. The highest BCUT2D eigenvalue weighted by molar-refractivity contribution is 6.33. The van der Waals surface area contributed by atoms with Gasteiger partial charge in [0.1, 0.15) is 12.4 Å². The van der Waals surface area contributed by atoms with Crippen LogP contribution in [0.2, 0.25) is 5.02 Å². The van der Waals surface area contributed by atoms with Crippen LogP contribution in [0.25, 0.3) is 11.3 Å². The molecule has 10 heteroatoms. The van der Waals surface area contributed by atoms with Gasteiger partial charge in [0.2, 0.25) is 5.91 Å². The van der Waals surface area contributed by atoms with Crippen molar-refractivity contribution < 1.29 is 18.7 Å². The summed E-state index contributed by atoms with van der Waals surface area (Å²) in [6, 6.07) is 16.8. The Bertz CT molecular complexity index is 1280. The Morgan fingerprint density at radius 3 is 2.53 bits per heavy atom. The molecule has 3 aromatic rings. The quantitative estimate of drug-likeness (QED) is 0.455. The number of halogens is 2. The average Bonchev–Trinajstić information content (AvgIpc) is 3.46. The summed E-state index contributed by atoms with van der Waals surface area (Å²) in [4.78, 5) is 31.7. The Hall–Kier alpha value is -3.56. The van der Waals surface area contributed by atoms with E-state index < -0.39 is 5.82 Å². The fourth-order valence-corrected chi connectivity index (χ4v) is 5.04. The molecule has 0 saturated carbocycles. The number of nitrogens with zero attached hydrogens (tertiary/aromatic N) is 5. The molecule has 0 radical (unpaired) electrons. The Morgan fingerprint density at radius 2 is 1.84 bits per heavy atom. The van der Waals surface area contributed by atoms with Gasteiger partial charge in [0, 0.05) is 50.5 Å². The largest absolute Gasteiger partial charge is 0.376 e. The molecule has 1 atom stereocenters. The van der Waals surface area contributed by atoms with Gasteiger partial charge in [0.05, 0.1) is 16.8 Å². The Kier molecular flexibility index (Phi) is 8.14. The van der Waals surface area contributed by atoms with Gasteiger partial charge in [-0.3, -0.25) is 9.59 Å². The minimum Gasteiger partial charge on any atom is -0.376 e. The molecule has 2 saturated heterocycles. The summed E-state index contributed by atoms with van der Waals surface area (Å²) in [7, 11) is 0. The van der Waals surface area contributed by atoms with Crippen molar-refractivity contribution in [2.45, 2.75) is 18.9 Å². The van der Waals surface area contributed by atoms with Crippen molar-refractivity contribution in [2.24, 2.45) is 0 Å². The normalized spacial score (nSPS) is 17.5. The fraction of sp³-hybridized carbons (Fsp3) is 0.357. The van der Waals surface area contributed by atoms with Gasteiger partial charge in [-0.1, -0.05) is 35.9 Å². The summed E-state index contributed by atoms with van der Waals surface area (Å²) in [6.45, 7) is 3.04. The van der Waals surface area contributed by atoms with Gasteiger partial charge in [-0.25, -0.2) is 4.39 Å². The van der Waals surface area contributed by atoms with Crippen LogP contribution in [0.3, 0.4) is 0 Å². The van der Waals surface area contributed by atoms with Crippen molar-refractivity contribution >= 4 is 29.2 Å². The Labute approximate surface area is 226 Å². The number of benzene rings is 2. The number of amides is 2. The second kappa shape index (κ2) is 11.9. The second-order valence-electron chi connectivity index (χ2n) is 9.46. The molecule has 0 aliphatic carbocycles. The SMILES string of the molecule is O=C(CN(C[C@@H]1CCCO1)C(=O)c1cccc(F)c1)N1CCN(c2ccc(-c3ccccc3Cl)nn2)CC1. The molecule has 5 rings (SSSR count).